The van der Waals surface area contributed by atoms with Gasteiger partial charge in [0.1, 0.15) is 31.8 Å². The predicted molar refractivity (Wildman–Crippen MR) is 271 cm³/mol. The molecule has 0 saturated heterocycles. The van der Waals surface area contributed by atoms with Gasteiger partial charge in [0, 0.05) is 25.7 Å². The van der Waals surface area contributed by atoms with Crippen molar-refractivity contribution in [2.24, 2.45) is 5.41 Å². The highest BCUT2D eigenvalue weighted by atomic mass is 16.6. The van der Waals surface area contributed by atoms with E-state index in [-0.39, 0.29) is 76.0 Å². The highest BCUT2D eigenvalue weighted by molar-refractivity contribution is 5.71. The summed E-state index contributed by atoms with van der Waals surface area (Å²) in [7, 11) is 3.99. The molecule has 0 aliphatic carbocycles. The minimum atomic E-state index is -1.22. The monoisotopic (exact) mass is 916 g/mol. The second-order valence-corrected chi connectivity index (χ2v) is 18.9. The molecule has 0 amide bonds. The summed E-state index contributed by atoms with van der Waals surface area (Å²) in [6, 6.07) is 0. The minimum Gasteiger partial charge on any atom is -0.465 e. The smallest absolute Gasteiger partial charge is 0.305 e. The molecule has 378 valence electrons. The molecule has 0 unspecified atom stereocenters. The van der Waals surface area contributed by atoms with E-state index in [4.69, 9.17) is 18.9 Å². The summed E-state index contributed by atoms with van der Waals surface area (Å²) in [4.78, 5) is 54.4. The lowest BCUT2D eigenvalue weighted by Gasteiger charge is -2.31. The molecule has 0 radical (unpaired) electrons. The van der Waals surface area contributed by atoms with Gasteiger partial charge in [-0.1, -0.05) is 160 Å². The van der Waals surface area contributed by atoms with Crippen molar-refractivity contribution in [3.8, 4) is 0 Å². The van der Waals surface area contributed by atoms with E-state index in [1.807, 2.05) is 14.1 Å². The zero-order valence-corrected chi connectivity index (χ0v) is 43.0. The Morgan fingerprint density at radius 2 is 0.585 bits per heavy atom. The standard InChI is InChI=1S/C56H101NO8/c1-6-9-12-15-18-21-24-25-28-31-34-37-40-45-54(60)64-50-56(51-65-55(61)46-41-42-47-57(4)5,48-62-52(58)43-38-35-32-29-26-22-19-16-13-10-7-2)49-63-53(59)44-39-36-33-30-27-23-20-17-14-11-8-3/h16-17,19-21,24H,6-15,18,22-23,25-51H2,1-5H3/b19-16-,20-17-,24-21-. The number of hydrogen-bond donors (Lipinski definition) is 0. The van der Waals surface area contributed by atoms with Crippen LogP contribution in [-0.4, -0.2) is 75.8 Å². The molecule has 0 N–H and O–H groups in total. The summed E-state index contributed by atoms with van der Waals surface area (Å²) in [6.45, 7) is 6.76. The summed E-state index contributed by atoms with van der Waals surface area (Å²) in [5, 5.41) is 0. The average Bonchev–Trinajstić information content (AvgIpc) is 3.29. The number of hydrogen-bond acceptors (Lipinski definition) is 9. The second-order valence-electron chi connectivity index (χ2n) is 18.9. The summed E-state index contributed by atoms with van der Waals surface area (Å²) >= 11 is 0. The molecular formula is C56H101NO8. The van der Waals surface area contributed by atoms with E-state index in [0.717, 1.165) is 141 Å². The van der Waals surface area contributed by atoms with Crippen molar-refractivity contribution in [2.45, 2.75) is 245 Å². The van der Waals surface area contributed by atoms with Crippen LogP contribution in [0.3, 0.4) is 0 Å². The van der Waals surface area contributed by atoms with Crippen molar-refractivity contribution in [1.29, 1.82) is 0 Å². The van der Waals surface area contributed by atoms with Crippen molar-refractivity contribution in [3.63, 3.8) is 0 Å². The summed E-state index contributed by atoms with van der Waals surface area (Å²) < 4.78 is 23.3. The van der Waals surface area contributed by atoms with E-state index in [1.54, 1.807) is 0 Å². The van der Waals surface area contributed by atoms with Gasteiger partial charge in [-0.3, -0.25) is 19.2 Å². The third-order valence-electron chi connectivity index (χ3n) is 11.8. The number of allylic oxidation sites excluding steroid dienone is 6. The lowest BCUT2D eigenvalue weighted by molar-refractivity contribution is -0.170. The Balaban J connectivity index is 5.41. The maximum atomic E-state index is 13.1. The fourth-order valence-electron chi connectivity index (χ4n) is 7.40. The van der Waals surface area contributed by atoms with E-state index in [2.05, 4.69) is 62.1 Å². The van der Waals surface area contributed by atoms with E-state index in [0.29, 0.717) is 6.42 Å². The highest BCUT2D eigenvalue weighted by Crippen LogP contribution is 2.24. The van der Waals surface area contributed by atoms with Crippen LogP contribution in [-0.2, 0) is 38.1 Å². The molecule has 65 heavy (non-hydrogen) atoms. The molecule has 9 heteroatoms. The van der Waals surface area contributed by atoms with Gasteiger partial charge in [0.25, 0.3) is 0 Å². The molecule has 0 spiro atoms. The Morgan fingerprint density at radius 1 is 0.338 bits per heavy atom. The van der Waals surface area contributed by atoms with Crippen LogP contribution in [0.2, 0.25) is 0 Å². The SMILES string of the molecule is CCCC/C=C\CCCCCCCC(=O)OCC(COC(=O)CCCCCCC/C=C\CCCC)(COC(=O)CCCCCCC/C=C\CCCCCC)COC(=O)CCCCN(C)C. The van der Waals surface area contributed by atoms with Crippen molar-refractivity contribution in [2.75, 3.05) is 47.1 Å². The molecule has 0 fully saturated rings. The molecule has 0 aliphatic heterocycles. The summed E-state index contributed by atoms with van der Waals surface area (Å²) in [5.41, 5.74) is -1.22. The Morgan fingerprint density at radius 3 is 0.877 bits per heavy atom. The lowest BCUT2D eigenvalue weighted by atomic mass is 9.92. The fourth-order valence-corrected chi connectivity index (χ4v) is 7.40. The molecule has 9 nitrogen and oxygen atoms in total. The second kappa shape index (κ2) is 47.5. The van der Waals surface area contributed by atoms with Crippen LogP contribution in [0, 0.1) is 5.41 Å². The lowest BCUT2D eigenvalue weighted by Crippen LogP contribution is -2.44. The molecular weight excluding hydrogens is 815 g/mol. The minimum absolute atomic E-state index is 0.190. The van der Waals surface area contributed by atoms with Crippen molar-refractivity contribution in [3.05, 3.63) is 36.5 Å². The van der Waals surface area contributed by atoms with Gasteiger partial charge in [-0.25, -0.2) is 0 Å². The van der Waals surface area contributed by atoms with Gasteiger partial charge in [0.05, 0.1) is 0 Å². The number of unbranched alkanes of at least 4 members (excludes halogenated alkanes) is 24. The molecule has 0 atom stereocenters. The summed E-state index contributed by atoms with van der Waals surface area (Å²) in [6.07, 6.45) is 48.1. The first kappa shape index (κ1) is 62.1. The summed E-state index contributed by atoms with van der Waals surface area (Å²) in [5.74, 6) is -1.46. The van der Waals surface area contributed by atoms with Crippen LogP contribution in [0.25, 0.3) is 0 Å². The van der Waals surface area contributed by atoms with Crippen LogP contribution in [0.1, 0.15) is 245 Å². The number of carbonyl (C=O) groups is 4. The first-order valence-corrected chi connectivity index (χ1v) is 26.9. The van der Waals surface area contributed by atoms with E-state index in [9.17, 15) is 19.2 Å². The Hall–Kier alpha value is -2.94. The number of ether oxygens (including phenoxy) is 4. The van der Waals surface area contributed by atoms with Crippen molar-refractivity contribution >= 4 is 23.9 Å². The normalized spacial score (nSPS) is 12.0. The third-order valence-corrected chi connectivity index (χ3v) is 11.8. The molecule has 0 bridgehead atoms. The molecule has 0 aromatic heterocycles. The van der Waals surface area contributed by atoms with Crippen LogP contribution >= 0.6 is 0 Å². The molecule has 0 heterocycles. The zero-order chi connectivity index (χ0) is 47.7. The Bertz CT molecular complexity index is 1160. The van der Waals surface area contributed by atoms with Gasteiger partial charge in [-0.15, -0.1) is 0 Å². The molecule has 0 rings (SSSR count). The molecule has 0 aromatic rings. The fraction of sp³-hybridized carbons (Fsp3) is 0.821. The van der Waals surface area contributed by atoms with Gasteiger partial charge in [-0.2, -0.15) is 0 Å². The van der Waals surface area contributed by atoms with E-state index >= 15 is 0 Å². The zero-order valence-electron chi connectivity index (χ0n) is 43.0. The Kier molecular flexibility index (Phi) is 45.4. The van der Waals surface area contributed by atoms with Crippen molar-refractivity contribution in [1.82, 2.24) is 4.90 Å². The van der Waals surface area contributed by atoms with Gasteiger partial charge in [0.15, 0.2) is 0 Å². The van der Waals surface area contributed by atoms with Gasteiger partial charge < -0.3 is 23.8 Å². The topological polar surface area (TPSA) is 108 Å². The van der Waals surface area contributed by atoms with Crippen LogP contribution in [0.5, 0.6) is 0 Å². The quantitative estimate of drug-likeness (QED) is 0.0255. The predicted octanol–water partition coefficient (Wildman–Crippen LogP) is 15.1. The van der Waals surface area contributed by atoms with Crippen molar-refractivity contribution < 1.29 is 38.1 Å². The average molecular weight is 916 g/mol. The van der Waals surface area contributed by atoms with Gasteiger partial charge in [-0.05, 0) is 117 Å². The first-order valence-electron chi connectivity index (χ1n) is 26.9. The molecule has 0 aromatic carbocycles. The largest absolute Gasteiger partial charge is 0.465 e. The first-order chi connectivity index (χ1) is 31.7. The maximum absolute atomic E-state index is 13.1. The van der Waals surface area contributed by atoms with E-state index in [1.165, 1.54) is 57.8 Å². The van der Waals surface area contributed by atoms with Gasteiger partial charge >= 0.3 is 23.9 Å². The number of rotatable bonds is 48. The Labute approximate surface area is 400 Å². The van der Waals surface area contributed by atoms with E-state index < -0.39 is 5.41 Å². The van der Waals surface area contributed by atoms with Crippen LogP contribution < -0.4 is 0 Å². The highest BCUT2D eigenvalue weighted by Gasteiger charge is 2.38. The van der Waals surface area contributed by atoms with Crippen LogP contribution in [0.15, 0.2) is 36.5 Å². The number of esters is 4. The third kappa shape index (κ3) is 44.7. The maximum Gasteiger partial charge on any atom is 0.305 e. The van der Waals surface area contributed by atoms with Gasteiger partial charge in [0.2, 0.25) is 0 Å². The number of nitrogens with zero attached hydrogens (tertiary/aromatic N) is 1. The molecule has 0 aliphatic rings. The van der Waals surface area contributed by atoms with Crippen LogP contribution in [0.4, 0.5) is 0 Å². The molecule has 0 saturated carbocycles. The number of carbonyl (C=O) groups excluding carboxylic acids is 4.